The molecule has 110 valence electrons. The molecular formula is C15H16N2O4. The highest BCUT2D eigenvalue weighted by Gasteiger charge is 2.58. The highest BCUT2D eigenvalue weighted by Crippen LogP contribution is 2.36. The number of carboxylic acids is 2. The highest BCUT2D eigenvalue weighted by molar-refractivity contribution is 6.03. The van der Waals surface area contributed by atoms with Crippen LogP contribution in [-0.2, 0) is 16.0 Å². The second-order valence-corrected chi connectivity index (χ2v) is 5.07. The third-order valence-electron chi connectivity index (χ3n) is 3.58. The zero-order valence-corrected chi connectivity index (χ0v) is 11.2. The van der Waals surface area contributed by atoms with E-state index in [-0.39, 0.29) is 0 Å². The van der Waals surface area contributed by atoms with Crippen LogP contribution in [0, 0.1) is 5.41 Å². The number of hydrogen-bond donors (Lipinski definition) is 4. The van der Waals surface area contributed by atoms with Crippen molar-refractivity contribution < 1.29 is 19.8 Å². The lowest BCUT2D eigenvalue weighted by atomic mass is 9.71. The van der Waals surface area contributed by atoms with E-state index in [0.29, 0.717) is 12.0 Å². The van der Waals surface area contributed by atoms with Gasteiger partial charge in [0.15, 0.2) is 0 Å². The highest BCUT2D eigenvalue weighted by atomic mass is 16.4. The molecule has 1 aliphatic rings. The molecule has 0 unspecified atom stereocenters. The fourth-order valence-corrected chi connectivity index (χ4v) is 2.35. The van der Waals surface area contributed by atoms with E-state index in [9.17, 15) is 19.8 Å². The molecule has 0 atom stereocenters. The number of carbonyl (C=O) groups is 2. The Bertz CT molecular complexity index is 618. The van der Waals surface area contributed by atoms with Crippen LogP contribution in [0.2, 0.25) is 0 Å². The van der Waals surface area contributed by atoms with Crippen LogP contribution in [-0.4, -0.2) is 27.8 Å². The average molecular weight is 288 g/mol. The van der Waals surface area contributed by atoms with Gasteiger partial charge in [-0.3, -0.25) is 9.59 Å². The van der Waals surface area contributed by atoms with Gasteiger partial charge < -0.3 is 21.7 Å². The van der Waals surface area contributed by atoms with Gasteiger partial charge >= 0.3 is 11.9 Å². The monoisotopic (exact) mass is 288 g/mol. The number of allylic oxidation sites excluding steroid dienone is 2. The van der Waals surface area contributed by atoms with Crippen LogP contribution >= 0.6 is 0 Å². The fourth-order valence-electron chi connectivity index (χ4n) is 2.35. The summed E-state index contributed by atoms with van der Waals surface area (Å²) in [7, 11) is 0. The maximum atomic E-state index is 11.5. The van der Waals surface area contributed by atoms with E-state index >= 15 is 0 Å². The first kappa shape index (κ1) is 15.0. The quantitative estimate of drug-likeness (QED) is 0.472. The molecule has 6 N–H and O–H groups in total. The number of aliphatic carboxylic acids is 2. The van der Waals surface area contributed by atoms with Crippen LogP contribution in [0.3, 0.4) is 0 Å². The van der Waals surface area contributed by atoms with Crippen molar-refractivity contribution in [2.45, 2.75) is 12.1 Å². The third-order valence-corrected chi connectivity index (χ3v) is 3.58. The normalized spacial score (nSPS) is 18.9. The molecule has 0 spiro atoms. The van der Waals surface area contributed by atoms with Crippen molar-refractivity contribution in [1.29, 1.82) is 0 Å². The van der Waals surface area contributed by atoms with Crippen LogP contribution in [0.1, 0.15) is 5.56 Å². The summed E-state index contributed by atoms with van der Waals surface area (Å²) in [4.78, 5) is 23.0. The van der Waals surface area contributed by atoms with Crippen molar-refractivity contribution in [1.82, 2.24) is 0 Å². The predicted octanol–water partition coefficient (Wildman–Crippen LogP) is 0.495. The van der Waals surface area contributed by atoms with Crippen LogP contribution in [0.15, 0.2) is 54.1 Å². The zero-order chi connectivity index (χ0) is 15.7. The largest absolute Gasteiger partial charge is 0.480 e. The molecule has 0 heterocycles. The molecule has 1 aromatic rings. The van der Waals surface area contributed by atoms with Gasteiger partial charge in [0.2, 0.25) is 5.41 Å². The Balaban J connectivity index is 2.46. The molecule has 2 rings (SSSR count). The van der Waals surface area contributed by atoms with E-state index in [1.165, 1.54) is 6.08 Å². The van der Waals surface area contributed by atoms with Crippen LogP contribution in [0.25, 0.3) is 0 Å². The van der Waals surface area contributed by atoms with Gasteiger partial charge in [0.1, 0.15) is 5.66 Å². The van der Waals surface area contributed by atoms with Crippen molar-refractivity contribution in [2.24, 2.45) is 16.9 Å². The number of carboxylic acid groups (broad SMARTS) is 2. The molecule has 6 nitrogen and oxygen atoms in total. The van der Waals surface area contributed by atoms with Crippen molar-refractivity contribution in [3.63, 3.8) is 0 Å². The predicted molar refractivity (Wildman–Crippen MR) is 76.2 cm³/mol. The Kier molecular flexibility index (Phi) is 3.67. The van der Waals surface area contributed by atoms with Gasteiger partial charge in [-0.1, -0.05) is 36.4 Å². The lowest BCUT2D eigenvalue weighted by molar-refractivity contribution is -0.164. The number of nitrogens with two attached hydrogens (primary N) is 2. The minimum Gasteiger partial charge on any atom is -0.480 e. The first-order valence-corrected chi connectivity index (χ1v) is 6.29. The Hall–Kier alpha value is -2.44. The van der Waals surface area contributed by atoms with Crippen molar-refractivity contribution in [3.8, 4) is 0 Å². The number of benzene rings is 1. The minimum absolute atomic E-state index is 0.399. The molecule has 0 bridgehead atoms. The topological polar surface area (TPSA) is 127 Å². The Labute approximate surface area is 121 Å². The van der Waals surface area contributed by atoms with Crippen molar-refractivity contribution in [2.75, 3.05) is 0 Å². The minimum atomic E-state index is -2.38. The molecule has 0 fully saturated rings. The van der Waals surface area contributed by atoms with Gasteiger partial charge in [0, 0.05) is 0 Å². The lowest BCUT2D eigenvalue weighted by Gasteiger charge is -2.38. The van der Waals surface area contributed by atoms with Gasteiger partial charge in [0.25, 0.3) is 0 Å². The molecule has 0 saturated heterocycles. The van der Waals surface area contributed by atoms with E-state index in [1.807, 2.05) is 30.3 Å². The molecule has 0 radical (unpaired) electrons. The SMILES string of the molecule is NC1(N)C=CC(Cc2ccccc2)=CC1(C(=O)O)C(=O)O. The molecule has 1 aromatic carbocycles. The number of hydrogen-bond acceptors (Lipinski definition) is 4. The molecule has 0 aliphatic heterocycles. The summed E-state index contributed by atoms with van der Waals surface area (Å²) in [5, 5.41) is 18.7. The molecule has 0 saturated carbocycles. The van der Waals surface area contributed by atoms with E-state index < -0.39 is 23.0 Å². The van der Waals surface area contributed by atoms with Crippen molar-refractivity contribution >= 4 is 11.9 Å². The molecular weight excluding hydrogens is 272 g/mol. The van der Waals surface area contributed by atoms with Crippen LogP contribution in [0.4, 0.5) is 0 Å². The van der Waals surface area contributed by atoms with Crippen LogP contribution < -0.4 is 11.5 Å². The fraction of sp³-hybridized carbons (Fsp3) is 0.200. The van der Waals surface area contributed by atoms with Gasteiger partial charge in [-0.25, -0.2) is 0 Å². The van der Waals surface area contributed by atoms with Crippen molar-refractivity contribution in [3.05, 3.63) is 59.7 Å². The van der Waals surface area contributed by atoms with E-state index in [1.54, 1.807) is 6.08 Å². The summed E-state index contributed by atoms with van der Waals surface area (Å²) in [6.07, 6.45) is 4.32. The summed E-state index contributed by atoms with van der Waals surface area (Å²) in [5.74, 6) is -3.18. The molecule has 1 aliphatic carbocycles. The maximum absolute atomic E-state index is 11.5. The first-order chi connectivity index (χ1) is 9.79. The van der Waals surface area contributed by atoms with Gasteiger partial charge in [-0.05, 0) is 29.7 Å². The summed E-state index contributed by atoms with van der Waals surface area (Å²) in [5.41, 5.74) is 8.49. The van der Waals surface area contributed by atoms with Crippen LogP contribution in [0.5, 0.6) is 0 Å². The first-order valence-electron chi connectivity index (χ1n) is 6.29. The summed E-state index contributed by atoms with van der Waals surface area (Å²) < 4.78 is 0. The Morgan fingerprint density at radius 2 is 1.62 bits per heavy atom. The van der Waals surface area contributed by atoms with Gasteiger partial charge in [-0.15, -0.1) is 0 Å². The Morgan fingerprint density at radius 1 is 1.05 bits per heavy atom. The van der Waals surface area contributed by atoms with E-state index in [0.717, 1.165) is 11.6 Å². The second-order valence-electron chi connectivity index (χ2n) is 5.07. The zero-order valence-electron chi connectivity index (χ0n) is 11.2. The second kappa shape index (κ2) is 5.16. The smallest absolute Gasteiger partial charge is 0.328 e. The van der Waals surface area contributed by atoms with E-state index in [4.69, 9.17) is 11.5 Å². The summed E-state index contributed by atoms with van der Waals surface area (Å²) in [6, 6.07) is 9.29. The Morgan fingerprint density at radius 3 is 2.14 bits per heavy atom. The standard InChI is InChI=1S/C15H16N2O4/c16-15(17)7-6-11(8-10-4-2-1-3-5-10)9-14(15,12(18)19)13(20)21/h1-7,9H,8,16-17H2,(H,18,19)(H,20,21). The third kappa shape index (κ3) is 2.46. The number of rotatable bonds is 4. The summed E-state index contributed by atoms with van der Waals surface area (Å²) >= 11 is 0. The maximum Gasteiger partial charge on any atom is 0.328 e. The van der Waals surface area contributed by atoms with Gasteiger partial charge in [0.05, 0.1) is 0 Å². The molecule has 6 heteroatoms. The molecule has 21 heavy (non-hydrogen) atoms. The van der Waals surface area contributed by atoms with E-state index in [2.05, 4.69) is 0 Å². The molecule has 0 aromatic heterocycles. The van der Waals surface area contributed by atoms with Gasteiger partial charge in [-0.2, -0.15) is 0 Å². The molecule has 0 amide bonds. The average Bonchev–Trinajstić information content (AvgIpc) is 2.41. The lowest BCUT2D eigenvalue weighted by Crippen LogP contribution is -2.67. The summed E-state index contributed by atoms with van der Waals surface area (Å²) in [6.45, 7) is 0.